The maximum atomic E-state index is 9.83. The molecular weight excluding hydrogens is 236 g/mol. The van der Waals surface area contributed by atoms with Crippen molar-refractivity contribution in [2.24, 2.45) is 0 Å². The van der Waals surface area contributed by atoms with Gasteiger partial charge in [-0.25, -0.2) is 0 Å². The molecule has 0 saturated carbocycles. The predicted molar refractivity (Wildman–Crippen MR) is 70.5 cm³/mol. The molecule has 1 heterocycles. The third-order valence-corrected chi connectivity index (χ3v) is 3.46. The van der Waals surface area contributed by atoms with Gasteiger partial charge in [0.2, 0.25) is 0 Å². The number of phenolic OH excluding ortho intramolecular Hbond substituents is 1. The van der Waals surface area contributed by atoms with E-state index in [1.807, 2.05) is 6.07 Å². The number of nitrogens with one attached hydrogen (secondary N) is 1. The largest absolute Gasteiger partial charge is 0.508 e. The van der Waals surface area contributed by atoms with Gasteiger partial charge >= 0.3 is 0 Å². The Morgan fingerprint density at radius 1 is 1.35 bits per heavy atom. The molecule has 2 atom stereocenters. The first-order valence-corrected chi connectivity index (χ1v) is 6.39. The van der Waals surface area contributed by atoms with Crippen LogP contribution in [0.15, 0.2) is 18.2 Å². The van der Waals surface area contributed by atoms with Gasteiger partial charge in [-0.3, -0.25) is 4.90 Å². The van der Waals surface area contributed by atoms with E-state index in [1.165, 1.54) is 0 Å². The van der Waals surface area contributed by atoms with E-state index in [9.17, 15) is 5.11 Å². The molecule has 2 unspecified atom stereocenters. The van der Waals surface area contributed by atoms with Crippen LogP contribution in [-0.2, 0) is 6.54 Å². The Morgan fingerprint density at radius 3 is 2.59 bits per heavy atom. The second-order valence-corrected chi connectivity index (χ2v) is 5.31. The van der Waals surface area contributed by atoms with Crippen molar-refractivity contribution in [3.05, 3.63) is 28.8 Å². The molecule has 0 spiro atoms. The lowest BCUT2D eigenvalue weighted by molar-refractivity contribution is 0.165. The molecule has 0 bridgehead atoms. The number of aromatic hydroxyl groups is 1. The Hall–Kier alpha value is -0.770. The van der Waals surface area contributed by atoms with E-state index in [4.69, 9.17) is 11.6 Å². The summed E-state index contributed by atoms with van der Waals surface area (Å²) in [5.74, 6) is 0.288. The molecule has 4 heteroatoms. The first-order chi connectivity index (χ1) is 8.06. The number of rotatable bonds is 2. The van der Waals surface area contributed by atoms with Crippen molar-refractivity contribution in [2.75, 3.05) is 13.1 Å². The molecule has 0 aliphatic carbocycles. The van der Waals surface area contributed by atoms with Gasteiger partial charge in [-0.15, -0.1) is 0 Å². The number of piperazine rings is 1. The van der Waals surface area contributed by atoms with Crippen LogP contribution in [0.5, 0.6) is 5.75 Å². The van der Waals surface area contributed by atoms with Gasteiger partial charge in [-0.05, 0) is 26.0 Å². The molecule has 2 rings (SSSR count). The van der Waals surface area contributed by atoms with Gasteiger partial charge in [0.25, 0.3) is 0 Å². The fourth-order valence-corrected chi connectivity index (χ4v) is 2.73. The summed E-state index contributed by atoms with van der Waals surface area (Å²) in [5, 5.41) is 14.0. The van der Waals surface area contributed by atoms with E-state index in [0.717, 1.165) is 18.7 Å². The lowest BCUT2D eigenvalue weighted by Crippen LogP contribution is -2.53. The zero-order chi connectivity index (χ0) is 12.4. The van der Waals surface area contributed by atoms with Crippen LogP contribution >= 0.6 is 11.6 Å². The Kier molecular flexibility index (Phi) is 3.92. The molecule has 0 amide bonds. The Balaban J connectivity index is 2.10. The average Bonchev–Trinajstić information content (AvgIpc) is 2.22. The Labute approximate surface area is 107 Å². The summed E-state index contributed by atoms with van der Waals surface area (Å²) in [7, 11) is 0. The van der Waals surface area contributed by atoms with E-state index >= 15 is 0 Å². The van der Waals surface area contributed by atoms with Crippen LogP contribution in [0.4, 0.5) is 0 Å². The van der Waals surface area contributed by atoms with Crippen molar-refractivity contribution in [3.8, 4) is 5.75 Å². The standard InChI is InChI=1S/C13H19ClN2O/c1-9-6-16(7-10(2)15-9)8-11-12(14)4-3-5-13(11)17/h3-5,9-10,15,17H,6-8H2,1-2H3. The Bertz CT molecular complexity index is 367. The minimum Gasteiger partial charge on any atom is -0.508 e. The topological polar surface area (TPSA) is 35.5 Å². The molecule has 17 heavy (non-hydrogen) atoms. The van der Waals surface area contributed by atoms with Crippen molar-refractivity contribution in [2.45, 2.75) is 32.5 Å². The molecule has 1 aliphatic rings. The highest BCUT2D eigenvalue weighted by molar-refractivity contribution is 6.31. The van der Waals surface area contributed by atoms with Gasteiger partial charge in [0, 0.05) is 42.3 Å². The van der Waals surface area contributed by atoms with Gasteiger partial charge < -0.3 is 10.4 Å². The molecule has 94 valence electrons. The molecule has 1 fully saturated rings. The lowest BCUT2D eigenvalue weighted by Gasteiger charge is -2.36. The third kappa shape index (κ3) is 3.12. The fourth-order valence-electron chi connectivity index (χ4n) is 2.50. The molecule has 1 aromatic carbocycles. The zero-order valence-corrected chi connectivity index (χ0v) is 11.0. The highest BCUT2D eigenvalue weighted by atomic mass is 35.5. The number of hydrogen-bond donors (Lipinski definition) is 2. The first kappa shape index (κ1) is 12.7. The lowest BCUT2D eigenvalue weighted by atomic mass is 10.1. The minimum atomic E-state index is 0.288. The summed E-state index contributed by atoms with van der Waals surface area (Å²) in [6, 6.07) is 6.23. The summed E-state index contributed by atoms with van der Waals surface area (Å²) in [4.78, 5) is 2.33. The van der Waals surface area contributed by atoms with Crippen molar-refractivity contribution >= 4 is 11.6 Å². The van der Waals surface area contributed by atoms with Gasteiger partial charge in [0.05, 0.1) is 0 Å². The molecule has 0 radical (unpaired) electrons. The Morgan fingerprint density at radius 2 is 2.00 bits per heavy atom. The minimum absolute atomic E-state index is 0.288. The normalized spacial score (nSPS) is 26.1. The predicted octanol–water partition coefficient (Wildman–Crippen LogP) is 2.23. The van der Waals surface area contributed by atoms with E-state index in [2.05, 4.69) is 24.1 Å². The zero-order valence-electron chi connectivity index (χ0n) is 10.3. The highest BCUT2D eigenvalue weighted by Crippen LogP contribution is 2.27. The number of nitrogens with zero attached hydrogens (tertiary/aromatic N) is 1. The van der Waals surface area contributed by atoms with Crippen LogP contribution in [0.2, 0.25) is 5.02 Å². The van der Waals surface area contributed by atoms with Gasteiger partial charge in [0.15, 0.2) is 0 Å². The molecular formula is C13H19ClN2O. The van der Waals surface area contributed by atoms with Crippen LogP contribution in [0.3, 0.4) is 0 Å². The smallest absolute Gasteiger partial charge is 0.121 e. The summed E-state index contributed by atoms with van der Waals surface area (Å²) in [6.07, 6.45) is 0. The first-order valence-electron chi connectivity index (χ1n) is 6.01. The summed E-state index contributed by atoms with van der Waals surface area (Å²) in [5.41, 5.74) is 0.829. The van der Waals surface area contributed by atoms with Gasteiger partial charge in [0.1, 0.15) is 5.75 Å². The van der Waals surface area contributed by atoms with Crippen LogP contribution in [0, 0.1) is 0 Å². The van der Waals surface area contributed by atoms with Crippen molar-refractivity contribution in [1.29, 1.82) is 0 Å². The quantitative estimate of drug-likeness (QED) is 0.850. The molecule has 1 aliphatic heterocycles. The average molecular weight is 255 g/mol. The van der Waals surface area contributed by atoms with E-state index in [-0.39, 0.29) is 5.75 Å². The molecule has 3 nitrogen and oxygen atoms in total. The number of halogens is 1. The second kappa shape index (κ2) is 5.25. The monoisotopic (exact) mass is 254 g/mol. The van der Waals surface area contributed by atoms with Crippen molar-refractivity contribution in [1.82, 2.24) is 10.2 Å². The van der Waals surface area contributed by atoms with Crippen LogP contribution in [0.1, 0.15) is 19.4 Å². The fraction of sp³-hybridized carbons (Fsp3) is 0.538. The van der Waals surface area contributed by atoms with Crippen LogP contribution in [0.25, 0.3) is 0 Å². The SMILES string of the molecule is CC1CN(Cc2c(O)cccc2Cl)CC(C)N1. The van der Waals surface area contributed by atoms with Gasteiger partial charge in [-0.1, -0.05) is 17.7 Å². The van der Waals surface area contributed by atoms with Gasteiger partial charge in [-0.2, -0.15) is 0 Å². The molecule has 0 aromatic heterocycles. The van der Waals surface area contributed by atoms with E-state index in [0.29, 0.717) is 23.7 Å². The second-order valence-electron chi connectivity index (χ2n) is 4.90. The maximum absolute atomic E-state index is 9.83. The maximum Gasteiger partial charge on any atom is 0.121 e. The summed E-state index contributed by atoms with van der Waals surface area (Å²) in [6.45, 7) is 7.02. The van der Waals surface area contributed by atoms with Crippen molar-refractivity contribution in [3.63, 3.8) is 0 Å². The number of hydrogen-bond acceptors (Lipinski definition) is 3. The van der Waals surface area contributed by atoms with Crippen molar-refractivity contribution < 1.29 is 5.11 Å². The number of benzene rings is 1. The molecule has 2 N–H and O–H groups in total. The van der Waals surface area contributed by atoms with E-state index in [1.54, 1.807) is 12.1 Å². The van der Waals surface area contributed by atoms with E-state index < -0.39 is 0 Å². The van der Waals surface area contributed by atoms with Crippen LogP contribution < -0.4 is 5.32 Å². The molecule has 1 saturated heterocycles. The number of phenols is 1. The van der Waals surface area contributed by atoms with Crippen LogP contribution in [-0.4, -0.2) is 35.2 Å². The summed E-state index contributed by atoms with van der Waals surface area (Å²) >= 11 is 6.12. The summed E-state index contributed by atoms with van der Waals surface area (Å²) < 4.78 is 0. The molecule has 1 aromatic rings. The third-order valence-electron chi connectivity index (χ3n) is 3.11. The highest BCUT2D eigenvalue weighted by Gasteiger charge is 2.22.